The SMILES string of the molecule is CC(C)c1ccc(-c2ncc(Br)c(C(=O)O)n2)cc1. The third-order valence-electron chi connectivity index (χ3n) is 2.78. The lowest BCUT2D eigenvalue weighted by atomic mass is 10.0. The van der Waals surface area contributed by atoms with Crippen molar-refractivity contribution in [3.05, 3.63) is 46.2 Å². The van der Waals surface area contributed by atoms with E-state index in [2.05, 4.69) is 39.7 Å². The maximum absolute atomic E-state index is 11.0. The second-order valence-electron chi connectivity index (χ2n) is 4.47. The minimum atomic E-state index is -1.07. The van der Waals surface area contributed by atoms with Gasteiger partial charge in [-0.1, -0.05) is 38.1 Å². The van der Waals surface area contributed by atoms with Crippen molar-refractivity contribution >= 4 is 21.9 Å². The fourth-order valence-electron chi connectivity index (χ4n) is 1.67. The molecule has 0 aliphatic carbocycles. The van der Waals surface area contributed by atoms with E-state index in [1.54, 1.807) is 0 Å². The highest BCUT2D eigenvalue weighted by Gasteiger charge is 2.13. The zero-order valence-electron chi connectivity index (χ0n) is 10.6. The van der Waals surface area contributed by atoms with Gasteiger partial charge in [-0.3, -0.25) is 0 Å². The molecule has 98 valence electrons. The molecule has 0 radical (unpaired) electrons. The summed E-state index contributed by atoms with van der Waals surface area (Å²) in [6.45, 7) is 4.24. The van der Waals surface area contributed by atoms with E-state index in [0.717, 1.165) is 5.56 Å². The summed E-state index contributed by atoms with van der Waals surface area (Å²) in [5.74, 6) is -0.209. The Balaban J connectivity index is 2.41. The smallest absolute Gasteiger partial charge is 0.355 e. The van der Waals surface area contributed by atoms with Crippen LogP contribution >= 0.6 is 15.9 Å². The summed E-state index contributed by atoms with van der Waals surface area (Å²) in [5.41, 5.74) is 2.00. The van der Waals surface area contributed by atoms with Gasteiger partial charge < -0.3 is 5.11 Å². The Labute approximate surface area is 119 Å². The van der Waals surface area contributed by atoms with Crippen molar-refractivity contribution in [3.63, 3.8) is 0 Å². The van der Waals surface area contributed by atoms with Gasteiger partial charge in [-0.2, -0.15) is 0 Å². The fraction of sp³-hybridized carbons (Fsp3) is 0.214. The van der Waals surface area contributed by atoms with Crippen molar-refractivity contribution in [1.29, 1.82) is 0 Å². The van der Waals surface area contributed by atoms with E-state index in [-0.39, 0.29) is 5.69 Å². The molecule has 2 aromatic rings. The number of aromatic carboxylic acids is 1. The molecule has 0 saturated heterocycles. The van der Waals surface area contributed by atoms with Gasteiger partial charge in [0.2, 0.25) is 0 Å². The predicted molar refractivity (Wildman–Crippen MR) is 76.2 cm³/mol. The molecule has 0 fully saturated rings. The van der Waals surface area contributed by atoms with Crippen LogP contribution < -0.4 is 0 Å². The number of halogens is 1. The maximum Gasteiger partial charge on any atom is 0.355 e. The molecule has 0 unspecified atom stereocenters. The molecule has 0 saturated carbocycles. The van der Waals surface area contributed by atoms with Crippen molar-refractivity contribution in [2.75, 3.05) is 0 Å². The molecule has 0 aliphatic rings. The van der Waals surface area contributed by atoms with Crippen molar-refractivity contribution in [3.8, 4) is 11.4 Å². The van der Waals surface area contributed by atoms with Gasteiger partial charge in [0.15, 0.2) is 11.5 Å². The lowest BCUT2D eigenvalue weighted by molar-refractivity contribution is 0.0689. The quantitative estimate of drug-likeness (QED) is 0.936. The van der Waals surface area contributed by atoms with E-state index >= 15 is 0 Å². The largest absolute Gasteiger partial charge is 0.476 e. The Bertz CT molecular complexity index is 609. The Morgan fingerprint density at radius 1 is 1.26 bits per heavy atom. The maximum atomic E-state index is 11.0. The molecule has 1 aromatic carbocycles. The van der Waals surface area contributed by atoms with Crippen LogP contribution in [0, 0.1) is 0 Å². The summed E-state index contributed by atoms with van der Waals surface area (Å²) in [4.78, 5) is 19.2. The molecular formula is C14H13BrN2O2. The third-order valence-corrected chi connectivity index (χ3v) is 3.36. The van der Waals surface area contributed by atoms with Gasteiger partial charge in [0, 0.05) is 11.8 Å². The molecule has 0 bridgehead atoms. The summed E-state index contributed by atoms with van der Waals surface area (Å²) in [7, 11) is 0. The summed E-state index contributed by atoms with van der Waals surface area (Å²) >= 11 is 3.13. The molecule has 5 heteroatoms. The van der Waals surface area contributed by atoms with Crippen LogP contribution in [0.4, 0.5) is 0 Å². The highest BCUT2D eigenvalue weighted by molar-refractivity contribution is 9.10. The number of carbonyl (C=O) groups is 1. The number of hydrogen-bond acceptors (Lipinski definition) is 3. The zero-order valence-corrected chi connectivity index (χ0v) is 12.2. The van der Waals surface area contributed by atoms with Gasteiger partial charge in [0.1, 0.15) is 0 Å². The fourth-order valence-corrected chi connectivity index (χ4v) is 2.03. The van der Waals surface area contributed by atoms with E-state index in [1.807, 2.05) is 24.3 Å². The van der Waals surface area contributed by atoms with Crippen LogP contribution in [0.3, 0.4) is 0 Å². The molecule has 1 heterocycles. The second-order valence-corrected chi connectivity index (χ2v) is 5.33. The highest BCUT2D eigenvalue weighted by Crippen LogP contribution is 2.22. The average molecular weight is 321 g/mol. The molecule has 2 rings (SSSR count). The molecular weight excluding hydrogens is 308 g/mol. The van der Waals surface area contributed by atoms with Gasteiger partial charge in [-0.25, -0.2) is 14.8 Å². The first-order valence-electron chi connectivity index (χ1n) is 5.85. The Morgan fingerprint density at radius 3 is 2.42 bits per heavy atom. The summed E-state index contributed by atoms with van der Waals surface area (Å²) in [6, 6.07) is 7.83. The van der Waals surface area contributed by atoms with Crippen LogP contribution in [0.25, 0.3) is 11.4 Å². The van der Waals surface area contributed by atoms with Crippen LogP contribution in [0.5, 0.6) is 0 Å². The Morgan fingerprint density at radius 2 is 1.89 bits per heavy atom. The number of hydrogen-bond donors (Lipinski definition) is 1. The van der Waals surface area contributed by atoms with Crippen molar-refractivity contribution < 1.29 is 9.90 Å². The lowest BCUT2D eigenvalue weighted by Crippen LogP contribution is -2.04. The molecule has 0 atom stereocenters. The minimum Gasteiger partial charge on any atom is -0.476 e. The van der Waals surface area contributed by atoms with Crippen molar-refractivity contribution in [2.24, 2.45) is 0 Å². The summed E-state index contributed by atoms with van der Waals surface area (Å²) in [5, 5.41) is 9.03. The van der Waals surface area contributed by atoms with Gasteiger partial charge >= 0.3 is 5.97 Å². The van der Waals surface area contributed by atoms with Crippen LogP contribution in [0.15, 0.2) is 34.9 Å². The minimum absolute atomic E-state index is 0.0297. The molecule has 1 aromatic heterocycles. The highest BCUT2D eigenvalue weighted by atomic mass is 79.9. The molecule has 19 heavy (non-hydrogen) atoms. The van der Waals surface area contributed by atoms with Crippen molar-refractivity contribution in [1.82, 2.24) is 9.97 Å². The van der Waals surface area contributed by atoms with E-state index in [4.69, 9.17) is 5.11 Å². The van der Waals surface area contributed by atoms with E-state index in [0.29, 0.717) is 16.2 Å². The summed E-state index contributed by atoms with van der Waals surface area (Å²) < 4.78 is 0.377. The number of aromatic nitrogens is 2. The van der Waals surface area contributed by atoms with Gasteiger partial charge in [-0.15, -0.1) is 0 Å². The van der Waals surface area contributed by atoms with Crippen LogP contribution in [0.2, 0.25) is 0 Å². The average Bonchev–Trinajstić information content (AvgIpc) is 2.39. The second kappa shape index (κ2) is 5.48. The van der Waals surface area contributed by atoms with Crippen LogP contribution in [-0.4, -0.2) is 21.0 Å². The molecule has 1 N–H and O–H groups in total. The van der Waals surface area contributed by atoms with Crippen LogP contribution in [-0.2, 0) is 0 Å². The molecule has 0 aliphatic heterocycles. The van der Waals surface area contributed by atoms with Gasteiger partial charge in [0.25, 0.3) is 0 Å². The number of nitrogens with zero attached hydrogens (tertiary/aromatic N) is 2. The van der Waals surface area contributed by atoms with E-state index < -0.39 is 5.97 Å². The van der Waals surface area contributed by atoms with Gasteiger partial charge in [-0.05, 0) is 27.4 Å². The first-order valence-corrected chi connectivity index (χ1v) is 6.64. The van der Waals surface area contributed by atoms with Crippen LogP contribution in [0.1, 0.15) is 35.8 Å². The number of carboxylic acid groups (broad SMARTS) is 1. The monoisotopic (exact) mass is 320 g/mol. The normalized spacial score (nSPS) is 10.7. The standard InChI is InChI=1S/C14H13BrN2O2/c1-8(2)9-3-5-10(6-4-9)13-16-7-11(15)12(17-13)14(18)19/h3-8H,1-2H3,(H,18,19). The molecule has 0 amide bonds. The topological polar surface area (TPSA) is 63.1 Å². The first kappa shape index (κ1) is 13.7. The molecule has 0 spiro atoms. The zero-order chi connectivity index (χ0) is 14.0. The predicted octanol–water partition coefficient (Wildman–Crippen LogP) is 3.73. The molecule has 4 nitrogen and oxygen atoms in total. The Hall–Kier alpha value is -1.75. The number of carboxylic acids is 1. The summed E-state index contributed by atoms with van der Waals surface area (Å²) in [6.07, 6.45) is 1.46. The Kier molecular flexibility index (Phi) is 3.95. The third kappa shape index (κ3) is 2.98. The first-order chi connectivity index (χ1) is 8.99. The van der Waals surface area contributed by atoms with Gasteiger partial charge in [0.05, 0.1) is 4.47 Å². The lowest BCUT2D eigenvalue weighted by Gasteiger charge is -2.07. The number of benzene rings is 1. The number of rotatable bonds is 3. The van der Waals surface area contributed by atoms with Crippen molar-refractivity contribution in [2.45, 2.75) is 19.8 Å². The van der Waals surface area contributed by atoms with E-state index in [9.17, 15) is 4.79 Å². The van der Waals surface area contributed by atoms with E-state index in [1.165, 1.54) is 11.8 Å².